The Labute approximate surface area is 158 Å². The number of methoxy groups -OCH3 is 2. The molecule has 1 aromatic heterocycles. The molecule has 0 fully saturated rings. The maximum Gasteiger partial charge on any atom is 0.276 e. The van der Waals surface area contributed by atoms with Gasteiger partial charge >= 0.3 is 0 Å². The number of carbonyl (C=O) groups is 1. The Morgan fingerprint density at radius 1 is 1.11 bits per heavy atom. The van der Waals surface area contributed by atoms with Gasteiger partial charge in [-0.15, -0.1) is 0 Å². The highest BCUT2D eigenvalue weighted by Gasteiger charge is 2.18. The molecule has 3 aromatic rings. The fourth-order valence-electron chi connectivity index (χ4n) is 2.91. The van der Waals surface area contributed by atoms with Gasteiger partial charge in [-0.1, -0.05) is 12.1 Å². The molecule has 6 nitrogen and oxygen atoms in total. The molecule has 0 saturated carbocycles. The van der Waals surface area contributed by atoms with Crippen LogP contribution in [0, 0.1) is 6.92 Å². The van der Waals surface area contributed by atoms with Gasteiger partial charge in [-0.25, -0.2) is 0 Å². The first-order chi connectivity index (χ1) is 13.0. The molecular weight excluding hydrogens is 342 g/mol. The van der Waals surface area contributed by atoms with Crippen molar-refractivity contribution in [2.45, 2.75) is 20.4 Å². The van der Waals surface area contributed by atoms with Gasteiger partial charge in [-0.2, -0.15) is 5.10 Å². The first kappa shape index (κ1) is 18.5. The molecule has 0 bridgehead atoms. The van der Waals surface area contributed by atoms with E-state index < -0.39 is 0 Å². The number of aryl methyl sites for hydroxylation is 2. The van der Waals surface area contributed by atoms with Gasteiger partial charge in [0.05, 0.1) is 19.9 Å². The van der Waals surface area contributed by atoms with E-state index in [9.17, 15) is 4.79 Å². The van der Waals surface area contributed by atoms with E-state index in [0.29, 0.717) is 23.7 Å². The average Bonchev–Trinajstić information content (AvgIpc) is 3.11. The predicted octanol–water partition coefficient (Wildman–Crippen LogP) is 4.15. The predicted molar refractivity (Wildman–Crippen MR) is 106 cm³/mol. The van der Waals surface area contributed by atoms with E-state index >= 15 is 0 Å². The van der Waals surface area contributed by atoms with Crippen molar-refractivity contribution in [2.75, 3.05) is 19.5 Å². The Morgan fingerprint density at radius 3 is 2.59 bits per heavy atom. The van der Waals surface area contributed by atoms with Crippen LogP contribution in [-0.2, 0) is 6.54 Å². The first-order valence-corrected chi connectivity index (χ1v) is 8.74. The van der Waals surface area contributed by atoms with Gasteiger partial charge in [0.2, 0.25) is 0 Å². The largest absolute Gasteiger partial charge is 0.497 e. The average molecular weight is 365 g/mol. The molecular formula is C21H23N3O3. The van der Waals surface area contributed by atoms with Crippen molar-refractivity contribution in [1.82, 2.24) is 9.78 Å². The molecule has 2 aromatic carbocycles. The van der Waals surface area contributed by atoms with Gasteiger partial charge in [-0.3, -0.25) is 9.48 Å². The van der Waals surface area contributed by atoms with Gasteiger partial charge in [0.1, 0.15) is 11.5 Å². The fraction of sp³-hybridized carbons (Fsp3) is 0.238. The lowest BCUT2D eigenvalue weighted by Crippen LogP contribution is -2.13. The molecule has 6 heteroatoms. The number of nitrogens with zero attached hydrogens (tertiary/aromatic N) is 2. The lowest BCUT2D eigenvalue weighted by molar-refractivity contribution is 0.102. The van der Waals surface area contributed by atoms with Crippen LogP contribution in [0.15, 0.2) is 48.5 Å². The second-order valence-corrected chi connectivity index (χ2v) is 6.12. The van der Waals surface area contributed by atoms with Crippen LogP contribution < -0.4 is 14.8 Å². The highest BCUT2D eigenvalue weighted by Crippen LogP contribution is 2.33. The number of amides is 1. The third-order valence-electron chi connectivity index (χ3n) is 4.27. The number of benzene rings is 2. The zero-order valence-electron chi connectivity index (χ0n) is 15.9. The second-order valence-electron chi connectivity index (χ2n) is 6.12. The molecule has 0 aliphatic rings. The highest BCUT2D eigenvalue weighted by molar-refractivity contribution is 6.03. The number of ether oxygens (including phenoxy) is 2. The summed E-state index contributed by atoms with van der Waals surface area (Å²) in [4.78, 5) is 12.7. The molecule has 1 N–H and O–H groups in total. The molecule has 27 heavy (non-hydrogen) atoms. The number of hydrogen-bond donors (Lipinski definition) is 1. The van der Waals surface area contributed by atoms with Crippen molar-refractivity contribution < 1.29 is 14.3 Å². The number of nitrogens with one attached hydrogen (secondary N) is 1. The van der Waals surface area contributed by atoms with Crippen LogP contribution in [0.4, 0.5) is 5.69 Å². The molecule has 1 amide bonds. The Bertz CT molecular complexity index is 963. The summed E-state index contributed by atoms with van der Waals surface area (Å²) in [5.41, 5.74) is 3.84. The molecule has 0 atom stereocenters. The number of aromatic nitrogens is 2. The summed E-state index contributed by atoms with van der Waals surface area (Å²) in [5.74, 6) is 1.12. The van der Waals surface area contributed by atoms with Gasteiger partial charge in [0.25, 0.3) is 5.91 Å². The normalized spacial score (nSPS) is 10.5. The molecule has 0 radical (unpaired) electrons. The van der Waals surface area contributed by atoms with Crippen molar-refractivity contribution in [3.63, 3.8) is 0 Å². The monoisotopic (exact) mass is 365 g/mol. The summed E-state index contributed by atoms with van der Waals surface area (Å²) >= 11 is 0. The topological polar surface area (TPSA) is 65.4 Å². The Balaban J connectivity index is 1.95. The Morgan fingerprint density at radius 2 is 1.93 bits per heavy atom. The van der Waals surface area contributed by atoms with E-state index in [1.807, 2.05) is 56.3 Å². The lowest BCUT2D eigenvalue weighted by atomic mass is 10.1. The minimum atomic E-state index is -0.249. The van der Waals surface area contributed by atoms with Gasteiger partial charge in [-0.05, 0) is 49.7 Å². The van der Waals surface area contributed by atoms with Crippen LogP contribution in [0.5, 0.6) is 11.5 Å². The smallest absolute Gasteiger partial charge is 0.276 e. The van der Waals surface area contributed by atoms with E-state index in [0.717, 1.165) is 22.5 Å². The zero-order valence-corrected chi connectivity index (χ0v) is 15.9. The first-order valence-electron chi connectivity index (χ1n) is 8.74. The Kier molecular flexibility index (Phi) is 5.45. The summed E-state index contributed by atoms with van der Waals surface area (Å²) in [7, 11) is 3.22. The van der Waals surface area contributed by atoms with Crippen molar-refractivity contribution in [2.24, 2.45) is 0 Å². The number of rotatable bonds is 6. The number of anilines is 1. The highest BCUT2D eigenvalue weighted by atomic mass is 16.5. The molecule has 0 spiro atoms. The minimum Gasteiger partial charge on any atom is -0.497 e. The fourth-order valence-corrected chi connectivity index (χ4v) is 2.91. The van der Waals surface area contributed by atoms with E-state index in [2.05, 4.69) is 10.4 Å². The van der Waals surface area contributed by atoms with Crippen LogP contribution in [-0.4, -0.2) is 29.9 Å². The van der Waals surface area contributed by atoms with Gasteiger partial charge < -0.3 is 14.8 Å². The standard InChI is InChI=1S/C21H23N3O3/c1-5-24-19(17-10-9-16(26-3)12-20(17)27-4)13-18(23-24)21(25)22-15-8-6-7-14(2)11-15/h6-13H,5H2,1-4H3,(H,22,25). The molecule has 0 saturated heterocycles. The number of carbonyl (C=O) groups excluding carboxylic acids is 1. The minimum absolute atomic E-state index is 0.249. The van der Waals surface area contributed by atoms with Gasteiger partial charge in [0, 0.05) is 23.9 Å². The van der Waals surface area contributed by atoms with Gasteiger partial charge in [0.15, 0.2) is 5.69 Å². The third kappa shape index (κ3) is 3.95. The van der Waals surface area contributed by atoms with Crippen molar-refractivity contribution in [3.05, 3.63) is 59.8 Å². The van der Waals surface area contributed by atoms with E-state index in [1.54, 1.807) is 25.0 Å². The van der Waals surface area contributed by atoms with Crippen LogP contribution >= 0.6 is 0 Å². The van der Waals surface area contributed by atoms with Crippen LogP contribution in [0.25, 0.3) is 11.3 Å². The third-order valence-corrected chi connectivity index (χ3v) is 4.27. The Hall–Kier alpha value is -3.28. The van der Waals surface area contributed by atoms with E-state index in [1.165, 1.54) is 0 Å². The SMILES string of the molecule is CCn1nc(C(=O)Nc2cccc(C)c2)cc1-c1ccc(OC)cc1OC. The van der Waals surface area contributed by atoms with E-state index in [-0.39, 0.29) is 5.91 Å². The summed E-state index contributed by atoms with van der Waals surface area (Å²) in [6, 6.07) is 15.0. The van der Waals surface area contributed by atoms with Crippen molar-refractivity contribution >= 4 is 11.6 Å². The summed E-state index contributed by atoms with van der Waals surface area (Å²) in [5, 5.41) is 7.36. The summed E-state index contributed by atoms with van der Waals surface area (Å²) in [6.45, 7) is 4.59. The maximum atomic E-state index is 12.7. The van der Waals surface area contributed by atoms with E-state index in [4.69, 9.17) is 9.47 Å². The van der Waals surface area contributed by atoms with Crippen LogP contribution in [0.1, 0.15) is 23.0 Å². The zero-order chi connectivity index (χ0) is 19.4. The molecule has 140 valence electrons. The van der Waals surface area contributed by atoms with Crippen LogP contribution in [0.3, 0.4) is 0 Å². The van der Waals surface area contributed by atoms with Crippen LogP contribution in [0.2, 0.25) is 0 Å². The quantitative estimate of drug-likeness (QED) is 0.713. The van der Waals surface area contributed by atoms with Crippen molar-refractivity contribution in [1.29, 1.82) is 0 Å². The molecule has 1 heterocycles. The molecule has 0 aliphatic heterocycles. The van der Waals surface area contributed by atoms with Crippen molar-refractivity contribution in [3.8, 4) is 22.8 Å². The maximum absolute atomic E-state index is 12.7. The molecule has 3 rings (SSSR count). The lowest BCUT2D eigenvalue weighted by Gasteiger charge is -2.11. The second kappa shape index (κ2) is 7.95. The summed E-state index contributed by atoms with van der Waals surface area (Å²) < 4.78 is 12.5. The summed E-state index contributed by atoms with van der Waals surface area (Å²) in [6.07, 6.45) is 0. The molecule has 0 unspecified atom stereocenters. The number of hydrogen-bond acceptors (Lipinski definition) is 4. The molecule has 0 aliphatic carbocycles.